The highest BCUT2D eigenvalue weighted by Gasteiger charge is 2.13. The fraction of sp³-hybridized carbons (Fsp3) is 0.444. The van der Waals surface area contributed by atoms with Gasteiger partial charge < -0.3 is 15.2 Å². The normalized spacial score (nSPS) is 11.4. The zero-order valence-electron chi connectivity index (χ0n) is 15.9. The molecule has 0 aliphatic carbocycles. The summed E-state index contributed by atoms with van der Waals surface area (Å²) in [6.45, 7) is 8.01. The highest BCUT2D eigenvalue weighted by atomic mass is 127. The van der Waals surface area contributed by atoms with Gasteiger partial charge in [0.15, 0.2) is 17.4 Å². The highest BCUT2D eigenvalue weighted by Crippen LogP contribution is 2.16. The van der Waals surface area contributed by atoms with Crippen molar-refractivity contribution in [3.8, 4) is 0 Å². The second-order valence-corrected chi connectivity index (χ2v) is 5.83. The first-order chi connectivity index (χ1) is 12.8. The molecular weight excluding hydrogens is 457 g/mol. The monoisotopic (exact) mass is 483 g/mol. The van der Waals surface area contributed by atoms with Crippen LogP contribution in [0.3, 0.4) is 0 Å². The minimum absolute atomic E-state index is 0. The maximum Gasteiger partial charge on any atom is 0.191 e. The Labute approximate surface area is 175 Å². The lowest BCUT2D eigenvalue weighted by molar-refractivity contribution is 0.380. The van der Waals surface area contributed by atoms with E-state index in [4.69, 9.17) is 4.52 Å². The first-order valence-electron chi connectivity index (χ1n) is 9.03. The molecule has 0 aliphatic heterocycles. The van der Waals surface area contributed by atoms with E-state index in [0.29, 0.717) is 13.1 Å². The largest absolute Gasteiger partial charge is 0.361 e. The molecule has 0 unspecified atom stereocenters. The van der Waals surface area contributed by atoms with Crippen molar-refractivity contribution in [2.45, 2.75) is 46.7 Å². The van der Waals surface area contributed by atoms with Crippen molar-refractivity contribution in [2.75, 3.05) is 6.54 Å². The maximum absolute atomic E-state index is 5.41. The molecule has 0 aromatic carbocycles. The van der Waals surface area contributed by atoms with Crippen LogP contribution in [0.2, 0.25) is 0 Å². The first kappa shape index (κ1) is 21.1. The number of nitrogens with zero attached hydrogens (tertiary/aromatic N) is 5. The second kappa shape index (κ2) is 10.2. The Bertz CT molecular complexity index is 865. The van der Waals surface area contributed by atoms with E-state index in [0.717, 1.165) is 53.8 Å². The minimum Gasteiger partial charge on any atom is -0.361 e. The summed E-state index contributed by atoms with van der Waals surface area (Å²) in [5.41, 5.74) is 2.89. The third-order valence-corrected chi connectivity index (χ3v) is 4.14. The van der Waals surface area contributed by atoms with Gasteiger partial charge in [0.25, 0.3) is 0 Å². The second-order valence-electron chi connectivity index (χ2n) is 5.83. The third kappa shape index (κ3) is 4.96. The van der Waals surface area contributed by atoms with E-state index in [9.17, 15) is 0 Å². The lowest BCUT2D eigenvalue weighted by Gasteiger charge is -2.10. The number of hydrogen-bond donors (Lipinski definition) is 2. The molecule has 8 nitrogen and oxygen atoms in total. The van der Waals surface area contributed by atoms with Crippen LogP contribution in [0.15, 0.2) is 33.9 Å². The number of fused-ring (bicyclic) bond motifs is 1. The lowest BCUT2D eigenvalue weighted by Crippen LogP contribution is -2.37. The van der Waals surface area contributed by atoms with Gasteiger partial charge in [-0.25, -0.2) is 4.99 Å². The van der Waals surface area contributed by atoms with Gasteiger partial charge in [-0.3, -0.25) is 4.40 Å². The van der Waals surface area contributed by atoms with Crippen LogP contribution in [-0.2, 0) is 25.9 Å². The van der Waals surface area contributed by atoms with E-state index in [-0.39, 0.29) is 24.0 Å². The summed E-state index contributed by atoms with van der Waals surface area (Å²) < 4.78 is 7.37. The number of guanidine groups is 1. The van der Waals surface area contributed by atoms with Gasteiger partial charge in [-0.05, 0) is 25.5 Å². The Morgan fingerprint density at radius 2 is 2.00 bits per heavy atom. The number of aliphatic imine (C=N–C) groups is 1. The predicted molar refractivity (Wildman–Crippen MR) is 115 cm³/mol. The standard InChI is InChI=1S/C18H25N7O.HI/c1-4-14-13(15(5-2)26-24-14)11-20-18(19-6-3)21-12-17-23-22-16-9-7-8-10-25(16)17;/h7-10H,4-6,11-12H2,1-3H3,(H2,19,20,21);1H. The van der Waals surface area contributed by atoms with Gasteiger partial charge in [-0.1, -0.05) is 25.1 Å². The van der Waals surface area contributed by atoms with Gasteiger partial charge in [-0.2, -0.15) is 0 Å². The molecule has 3 aromatic rings. The van der Waals surface area contributed by atoms with Gasteiger partial charge in [0.05, 0.1) is 18.8 Å². The molecule has 27 heavy (non-hydrogen) atoms. The average Bonchev–Trinajstić information content (AvgIpc) is 3.27. The van der Waals surface area contributed by atoms with Gasteiger partial charge in [0, 0.05) is 24.7 Å². The summed E-state index contributed by atoms with van der Waals surface area (Å²) in [6.07, 6.45) is 3.60. The predicted octanol–water partition coefficient (Wildman–Crippen LogP) is 2.72. The molecular formula is C18H26IN7O. The van der Waals surface area contributed by atoms with Gasteiger partial charge in [-0.15, -0.1) is 34.2 Å². The minimum atomic E-state index is 0. The van der Waals surface area contributed by atoms with Crippen LogP contribution in [-0.4, -0.2) is 32.3 Å². The molecule has 3 aromatic heterocycles. The van der Waals surface area contributed by atoms with Crippen molar-refractivity contribution >= 4 is 35.6 Å². The van der Waals surface area contributed by atoms with Crippen LogP contribution in [0.5, 0.6) is 0 Å². The number of nitrogens with one attached hydrogen (secondary N) is 2. The number of hydrogen-bond acceptors (Lipinski definition) is 5. The topological polar surface area (TPSA) is 92.6 Å². The summed E-state index contributed by atoms with van der Waals surface area (Å²) in [4.78, 5) is 4.69. The van der Waals surface area contributed by atoms with Crippen LogP contribution >= 0.6 is 24.0 Å². The molecule has 0 amide bonds. The summed E-state index contributed by atoms with van der Waals surface area (Å²) >= 11 is 0. The molecule has 2 N–H and O–H groups in total. The Balaban J connectivity index is 0.00000261. The SMILES string of the molecule is CCNC(=NCc1c(CC)noc1CC)NCc1nnc2ccccn12.I. The number of aromatic nitrogens is 4. The van der Waals surface area contributed by atoms with Crippen LogP contribution < -0.4 is 10.6 Å². The molecule has 3 heterocycles. The number of halogens is 1. The van der Waals surface area contributed by atoms with Crippen molar-refractivity contribution in [1.29, 1.82) is 0 Å². The number of aryl methyl sites for hydroxylation is 2. The van der Waals surface area contributed by atoms with Crippen molar-refractivity contribution < 1.29 is 4.52 Å². The molecule has 0 bridgehead atoms. The number of rotatable bonds is 7. The maximum atomic E-state index is 5.41. The third-order valence-electron chi connectivity index (χ3n) is 4.14. The van der Waals surface area contributed by atoms with Crippen molar-refractivity contribution in [3.05, 3.63) is 47.2 Å². The molecule has 0 saturated carbocycles. The molecule has 3 rings (SSSR count). The van der Waals surface area contributed by atoms with E-state index in [1.165, 1.54) is 0 Å². The first-order valence-corrected chi connectivity index (χ1v) is 9.03. The Morgan fingerprint density at radius 1 is 1.15 bits per heavy atom. The summed E-state index contributed by atoms with van der Waals surface area (Å²) in [5.74, 6) is 2.47. The Morgan fingerprint density at radius 3 is 2.74 bits per heavy atom. The summed E-state index contributed by atoms with van der Waals surface area (Å²) in [6, 6.07) is 5.84. The van der Waals surface area contributed by atoms with E-state index in [1.54, 1.807) is 0 Å². The fourth-order valence-corrected chi connectivity index (χ4v) is 2.79. The van der Waals surface area contributed by atoms with E-state index >= 15 is 0 Å². The lowest BCUT2D eigenvalue weighted by atomic mass is 10.1. The molecule has 0 spiro atoms. The Kier molecular flexibility index (Phi) is 8.01. The van der Waals surface area contributed by atoms with E-state index < -0.39 is 0 Å². The van der Waals surface area contributed by atoms with Crippen LogP contribution in [0.4, 0.5) is 0 Å². The average molecular weight is 483 g/mol. The molecule has 146 valence electrons. The molecule has 0 aliphatic rings. The smallest absolute Gasteiger partial charge is 0.191 e. The molecule has 9 heteroatoms. The zero-order valence-corrected chi connectivity index (χ0v) is 18.2. The van der Waals surface area contributed by atoms with E-state index in [2.05, 4.69) is 44.8 Å². The fourth-order valence-electron chi connectivity index (χ4n) is 2.79. The van der Waals surface area contributed by atoms with Gasteiger partial charge >= 0.3 is 0 Å². The zero-order chi connectivity index (χ0) is 18.4. The molecule has 0 saturated heterocycles. The Hall–Kier alpha value is -2.17. The van der Waals surface area contributed by atoms with Crippen molar-refractivity contribution in [3.63, 3.8) is 0 Å². The summed E-state index contributed by atoms with van der Waals surface area (Å²) in [5, 5.41) is 19.1. The number of pyridine rings is 1. The van der Waals surface area contributed by atoms with Crippen LogP contribution in [0.25, 0.3) is 5.65 Å². The molecule has 0 fully saturated rings. The highest BCUT2D eigenvalue weighted by molar-refractivity contribution is 14.0. The summed E-state index contributed by atoms with van der Waals surface area (Å²) in [7, 11) is 0. The van der Waals surface area contributed by atoms with Crippen LogP contribution in [0.1, 0.15) is 43.6 Å². The van der Waals surface area contributed by atoms with Gasteiger partial charge in [0.2, 0.25) is 0 Å². The van der Waals surface area contributed by atoms with Gasteiger partial charge in [0.1, 0.15) is 5.76 Å². The van der Waals surface area contributed by atoms with Crippen LogP contribution in [0, 0.1) is 0 Å². The quantitative estimate of drug-likeness (QED) is 0.305. The molecule has 0 atom stereocenters. The van der Waals surface area contributed by atoms with Crippen molar-refractivity contribution in [2.24, 2.45) is 4.99 Å². The molecule has 0 radical (unpaired) electrons. The van der Waals surface area contributed by atoms with E-state index in [1.807, 2.05) is 35.7 Å². The van der Waals surface area contributed by atoms with Crippen molar-refractivity contribution in [1.82, 2.24) is 30.4 Å².